The molecule has 4 aromatic rings. The number of halogens is 1. The number of nitrogens with one attached hydrogen (secondary N) is 2. The van der Waals surface area contributed by atoms with Crippen molar-refractivity contribution < 1.29 is 0 Å². The van der Waals surface area contributed by atoms with E-state index < -0.39 is 0 Å². The van der Waals surface area contributed by atoms with Crippen LogP contribution in [0.15, 0.2) is 61.3 Å². The Morgan fingerprint density at radius 3 is 2.76 bits per heavy atom. The van der Waals surface area contributed by atoms with E-state index in [-0.39, 0.29) is 0 Å². The average molecular weight is 350 g/mol. The number of nitrogens with zero attached hydrogens (tertiary/aromatic N) is 3. The molecule has 0 saturated carbocycles. The summed E-state index contributed by atoms with van der Waals surface area (Å²) in [5.41, 5.74) is 4.20. The van der Waals surface area contributed by atoms with E-state index in [2.05, 4.69) is 31.3 Å². The van der Waals surface area contributed by atoms with Gasteiger partial charge in [-0.1, -0.05) is 35.9 Å². The minimum Gasteiger partial charge on any atom is -0.366 e. The molecule has 6 heteroatoms. The second kappa shape index (κ2) is 6.91. The maximum Gasteiger partial charge on any atom is 0.140 e. The van der Waals surface area contributed by atoms with Gasteiger partial charge in [0, 0.05) is 42.0 Å². The van der Waals surface area contributed by atoms with E-state index in [0.29, 0.717) is 6.54 Å². The highest BCUT2D eigenvalue weighted by Crippen LogP contribution is 2.19. The molecule has 0 aliphatic heterocycles. The van der Waals surface area contributed by atoms with E-state index in [4.69, 9.17) is 11.6 Å². The molecule has 5 nitrogen and oxygen atoms in total. The number of pyridine rings is 1. The predicted molar refractivity (Wildman–Crippen MR) is 99.7 cm³/mol. The quantitative estimate of drug-likeness (QED) is 0.566. The predicted octanol–water partition coefficient (Wildman–Crippen LogP) is 4.21. The monoisotopic (exact) mass is 349 g/mol. The Labute approximate surface area is 150 Å². The highest BCUT2D eigenvalue weighted by molar-refractivity contribution is 6.31. The zero-order chi connectivity index (χ0) is 17.1. The van der Waals surface area contributed by atoms with Gasteiger partial charge in [0.1, 0.15) is 17.8 Å². The minimum atomic E-state index is 0.645. The van der Waals surface area contributed by atoms with E-state index in [1.165, 1.54) is 0 Å². The molecule has 0 fully saturated rings. The van der Waals surface area contributed by atoms with Gasteiger partial charge in [-0.3, -0.25) is 0 Å². The lowest BCUT2D eigenvalue weighted by atomic mass is 10.1. The second-order valence-corrected chi connectivity index (χ2v) is 6.18. The van der Waals surface area contributed by atoms with Crippen LogP contribution >= 0.6 is 11.6 Å². The topological polar surface area (TPSA) is 66.5 Å². The van der Waals surface area contributed by atoms with Gasteiger partial charge in [-0.05, 0) is 28.8 Å². The fourth-order valence-corrected chi connectivity index (χ4v) is 2.94. The molecule has 0 aliphatic rings. The van der Waals surface area contributed by atoms with Crippen LogP contribution < -0.4 is 5.32 Å². The Balaban J connectivity index is 1.44. The first-order chi connectivity index (χ1) is 12.3. The van der Waals surface area contributed by atoms with Crippen LogP contribution in [0.5, 0.6) is 0 Å². The van der Waals surface area contributed by atoms with Crippen molar-refractivity contribution in [1.82, 2.24) is 19.9 Å². The van der Waals surface area contributed by atoms with Crippen molar-refractivity contribution in [2.24, 2.45) is 0 Å². The van der Waals surface area contributed by atoms with Crippen LogP contribution in [-0.2, 0) is 13.0 Å². The molecule has 0 amide bonds. The number of anilines is 1. The van der Waals surface area contributed by atoms with Crippen molar-refractivity contribution in [1.29, 1.82) is 0 Å². The van der Waals surface area contributed by atoms with Gasteiger partial charge in [-0.25, -0.2) is 15.0 Å². The lowest BCUT2D eigenvalue weighted by molar-refractivity contribution is 1.09. The zero-order valence-corrected chi connectivity index (χ0v) is 14.2. The third kappa shape index (κ3) is 3.46. The Kier molecular flexibility index (Phi) is 4.31. The highest BCUT2D eigenvalue weighted by atomic mass is 35.5. The summed E-state index contributed by atoms with van der Waals surface area (Å²) in [7, 11) is 0. The Morgan fingerprint density at radius 2 is 1.92 bits per heavy atom. The van der Waals surface area contributed by atoms with Gasteiger partial charge in [-0.2, -0.15) is 0 Å². The first-order valence-corrected chi connectivity index (χ1v) is 8.35. The fraction of sp³-hybridized carbons (Fsp3) is 0.105. The van der Waals surface area contributed by atoms with Gasteiger partial charge in [0.25, 0.3) is 0 Å². The molecule has 124 valence electrons. The van der Waals surface area contributed by atoms with Gasteiger partial charge in [-0.15, -0.1) is 0 Å². The fourth-order valence-electron chi connectivity index (χ4n) is 2.74. The largest absolute Gasteiger partial charge is 0.366 e. The normalized spacial score (nSPS) is 10.9. The summed E-state index contributed by atoms with van der Waals surface area (Å²) >= 11 is 6.17. The number of H-pyrrole nitrogens is 1. The molecule has 0 aliphatic carbocycles. The standard InChI is InChI=1S/C19H16ClN5/c20-17-4-2-1-3-14(17)9-23-18-6-5-13(8-22-18)7-15-10-24-19-16(15)11-21-12-25-19/h1-6,8,10-12H,7,9H2,(H,22,23)(H,21,24,25). The van der Waals surface area contributed by atoms with Crippen molar-refractivity contribution in [2.45, 2.75) is 13.0 Å². The summed E-state index contributed by atoms with van der Waals surface area (Å²) in [6, 6.07) is 11.9. The Morgan fingerprint density at radius 1 is 1.00 bits per heavy atom. The molecule has 4 rings (SSSR count). The van der Waals surface area contributed by atoms with Crippen LogP contribution in [0.1, 0.15) is 16.7 Å². The first kappa shape index (κ1) is 15.6. The molecule has 2 N–H and O–H groups in total. The molecular weight excluding hydrogens is 334 g/mol. The van der Waals surface area contributed by atoms with Gasteiger partial charge < -0.3 is 10.3 Å². The van der Waals surface area contributed by atoms with Crippen LogP contribution in [0, 0.1) is 0 Å². The van der Waals surface area contributed by atoms with Crippen molar-refractivity contribution in [2.75, 3.05) is 5.32 Å². The van der Waals surface area contributed by atoms with Crippen LogP contribution in [-0.4, -0.2) is 19.9 Å². The van der Waals surface area contributed by atoms with Crippen molar-refractivity contribution >= 4 is 28.5 Å². The highest BCUT2D eigenvalue weighted by Gasteiger charge is 2.06. The van der Waals surface area contributed by atoms with Crippen LogP contribution in [0.3, 0.4) is 0 Å². The minimum absolute atomic E-state index is 0.645. The molecule has 0 spiro atoms. The van der Waals surface area contributed by atoms with Crippen LogP contribution in [0.2, 0.25) is 5.02 Å². The number of hydrogen-bond acceptors (Lipinski definition) is 4. The molecule has 3 aromatic heterocycles. The maximum absolute atomic E-state index is 6.17. The van der Waals surface area contributed by atoms with Crippen LogP contribution in [0.4, 0.5) is 5.82 Å². The number of rotatable bonds is 5. The molecule has 1 aromatic carbocycles. The lowest BCUT2D eigenvalue weighted by Crippen LogP contribution is -2.02. The average Bonchev–Trinajstić information content (AvgIpc) is 3.05. The first-order valence-electron chi connectivity index (χ1n) is 7.98. The number of benzene rings is 1. The molecule has 0 bridgehead atoms. The third-order valence-electron chi connectivity index (χ3n) is 4.08. The maximum atomic E-state index is 6.17. The van der Waals surface area contributed by atoms with Crippen molar-refractivity contribution in [3.8, 4) is 0 Å². The number of aromatic amines is 1. The van der Waals surface area contributed by atoms with Crippen molar-refractivity contribution in [3.63, 3.8) is 0 Å². The Bertz CT molecular complexity index is 994. The second-order valence-electron chi connectivity index (χ2n) is 5.77. The number of aromatic nitrogens is 4. The molecule has 0 saturated heterocycles. The molecule has 3 heterocycles. The summed E-state index contributed by atoms with van der Waals surface area (Å²) in [4.78, 5) is 16.0. The summed E-state index contributed by atoms with van der Waals surface area (Å²) < 4.78 is 0. The van der Waals surface area contributed by atoms with E-state index in [1.54, 1.807) is 6.33 Å². The SMILES string of the molecule is Clc1ccccc1CNc1ccc(Cc2c[nH]c3ncncc23)cn1. The zero-order valence-electron chi connectivity index (χ0n) is 13.4. The molecular formula is C19H16ClN5. The van der Waals surface area contributed by atoms with E-state index in [1.807, 2.05) is 48.9 Å². The van der Waals surface area contributed by atoms with Gasteiger partial charge in [0.2, 0.25) is 0 Å². The smallest absolute Gasteiger partial charge is 0.140 e. The number of hydrogen-bond donors (Lipinski definition) is 2. The summed E-state index contributed by atoms with van der Waals surface area (Å²) in [5.74, 6) is 0.825. The van der Waals surface area contributed by atoms with Crippen molar-refractivity contribution in [3.05, 3.63) is 83.0 Å². The molecule has 0 atom stereocenters. The van der Waals surface area contributed by atoms with E-state index in [9.17, 15) is 0 Å². The summed E-state index contributed by atoms with van der Waals surface area (Å²) in [5, 5.41) is 5.10. The molecule has 0 radical (unpaired) electrons. The van der Waals surface area contributed by atoms with E-state index >= 15 is 0 Å². The van der Waals surface area contributed by atoms with Crippen LogP contribution in [0.25, 0.3) is 11.0 Å². The molecule has 0 unspecified atom stereocenters. The summed E-state index contributed by atoms with van der Waals surface area (Å²) in [6.45, 7) is 0.645. The van der Waals surface area contributed by atoms with Gasteiger partial charge in [0.05, 0.1) is 0 Å². The number of fused-ring (bicyclic) bond motifs is 1. The lowest BCUT2D eigenvalue weighted by Gasteiger charge is -2.08. The summed E-state index contributed by atoms with van der Waals surface area (Å²) in [6.07, 6.45) is 8.02. The molecule has 25 heavy (non-hydrogen) atoms. The Hall–Kier alpha value is -2.92. The van der Waals surface area contributed by atoms with E-state index in [0.717, 1.165) is 45.0 Å². The van der Waals surface area contributed by atoms with Gasteiger partial charge in [0.15, 0.2) is 0 Å². The van der Waals surface area contributed by atoms with Gasteiger partial charge >= 0.3 is 0 Å². The third-order valence-corrected chi connectivity index (χ3v) is 4.45.